The molecule has 0 bridgehead atoms. The molecule has 1 heterocycles. The van der Waals surface area contributed by atoms with Crippen molar-refractivity contribution in [1.82, 2.24) is 0 Å². The standard InChI is InChI=1S/C7H20O2Si3/c1-11-6-4-2-3-5-7-12(8-10)9-11/h11-12H,2-7H2,1,10H3. The fourth-order valence-electron chi connectivity index (χ4n) is 1.66. The first kappa shape index (κ1) is 10.7. The molecule has 0 amide bonds. The fourth-order valence-corrected chi connectivity index (χ4v) is 8.70. The molecule has 72 valence electrons. The van der Waals surface area contributed by atoms with Crippen LogP contribution in [0.5, 0.6) is 0 Å². The van der Waals surface area contributed by atoms with Crippen molar-refractivity contribution in [3.8, 4) is 0 Å². The third-order valence-electron chi connectivity index (χ3n) is 2.45. The highest BCUT2D eigenvalue weighted by Crippen LogP contribution is 2.15. The molecule has 0 aromatic carbocycles. The molecule has 2 nitrogen and oxygen atoms in total. The van der Waals surface area contributed by atoms with E-state index in [1.165, 1.54) is 37.8 Å². The summed E-state index contributed by atoms with van der Waals surface area (Å²) in [6.45, 7) is 2.33. The molecule has 0 aromatic heterocycles. The molecule has 12 heavy (non-hydrogen) atoms. The Kier molecular flexibility index (Phi) is 5.40. The van der Waals surface area contributed by atoms with Crippen molar-refractivity contribution >= 4 is 28.8 Å². The average molecular weight is 220 g/mol. The molecule has 1 aliphatic heterocycles. The van der Waals surface area contributed by atoms with Crippen molar-refractivity contribution in [2.45, 2.75) is 44.3 Å². The SMILES string of the molecule is C[SiH]1CCCCCC[SiH](O[SiH3])O1. The van der Waals surface area contributed by atoms with Crippen molar-refractivity contribution in [2.24, 2.45) is 0 Å². The number of hydrogen-bond acceptors (Lipinski definition) is 2. The molecule has 1 fully saturated rings. The lowest BCUT2D eigenvalue weighted by Gasteiger charge is -2.17. The maximum atomic E-state index is 6.01. The van der Waals surface area contributed by atoms with Crippen LogP contribution in [-0.2, 0) is 8.23 Å². The minimum atomic E-state index is -1.14. The summed E-state index contributed by atoms with van der Waals surface area (Å²) < 4.78 is 11.6. The summed E-state index contributed by atoms with van der Waals surface area (Å²) in [7, 11) is -1.08. The quantitative estimate of drug-likeness (QED) is 0.598. The molecular formula is C7H20O2Si3. The van der Waals surface area contributed by atoms with E-state index in [1.807, 2.05) is 0 Å². The van der Waals surface area contributed by atoms with Crippen molar-refractivity contribution in [3.63, 3.8) is 0 Å². The highest BCUT2D eigenvalue weighted by atomic mass is 28.4. The van der Waals surface area contributed by atoms with Crippen LogP contribution in [0, 0.1) is 0 Å². The molecule has 0 aromatic rings. The Hall–Kier alpha value is 0.571. The first-order chi connectivity index (χ1) is 5.83. The lowest BCUT2D eigenvalue weighted by Crippen LogP contribution is -2.28. The third-order valence-corrected chi connectivity index (χ3v) is 9.72. The van der Waals surface area contributed by atoms with Gasteiger partial charge in [0.15, 0.2) is 9.04 Å². The largest absolute Gasteiger partial charge is 0.447 e. The van der Waals surface area contributed by atoms with Gasteiger partial charge in [-0.05, 0) is 18.6 Å². The zero-order chi connectivity index (χ0) is 8.81. The molecule has 1 rings (SSSR count). The predicted molar refractivity (Wildman–Crippen MR) is 60.4 cm³/mol. The lowest BCUT2D eigenvalue weighted by molar-refractivity contribution is 0.448. The Morgan fingerprint density at radius 3 is 2.50 bits per heavy atom. The summed E-state index contributed by atoms with van der Waals surface area (Å²) in [5.74, 6) is 0. The fraction of sp³-hybridized carbons (Fsp3) is 1.00. The van der Waals surface area contributed by atoms with E-state index in [0.717, 1.165) is 10.5 Å². The first-order valence-corrected chi connectivity index (χ1v) is 10.0. The lowest BCUT2D eigenvalue weighted by atomic mass is 10.2. The summed E-state index contributed by atoms with van der Waals surface area (Å²) in [6, 6.07) is 2.63. The highest BCUT2D eigenvalue weighted by Gasteiger charge is 2.16. The van der Waals surface area contributed by atoms with Gasteiger partial charge in [0.25, 0.3) is 9.28 Å². The highest BCUT2D eigenvalue weighted by molar-refractivity contribution is 6.63. The number of rotatable bonds is 1. The average Bonchev–Trinajstić information content (AvgIpc) is 2.16. The van der Waals surface area contributed by atoms with Gasteiger partial charge >= 0.3 is 0 Å². The van der Waals surface area contributed by atoms with Crippen LogP contribution in [0.3, 0.4) is 0 Å². The Labute approximate surface area is 81.8 Å². The van der Waals surface area contributed by atoms with Crippen molar-refractivity contribution < 1.29 is 8.23 Å². The normalized spacial score (nSPS) is 33.8. The van der Waals surface area contributed by atoms with E-state index in [9.17, 15) is 0 Å². The maximum Gasteiger partial charge on any atom is 0.300 e. The van der Waals surface area contributed by atoms with E-state index in [4.69, 9.17) is 8.23 Å². The Balaban J connectivity index is 2.32. The second kappa shape index (κ2) is 6.09. The molecule has 0 radical (unpaired) electrons. The smallest absolute Gasteiger partial charge is 0.300 e. The summed E-state index contributed by atoms with van der Waals surface area (Å²) >= 11 is 0. The van der Waals surface area contributed by atoms with Gasteiger partial charge < -0.3 is 8.23 Å². The monoisotopic (exact) mass is 220 g/mol. The van der Waals surface area contributed by atoms with Crippen LogP contribution in [0.25, 0.3) is 0 Å². The zero-order valence-electron chi connectivity index (χ0n) is 8.21. The van der Waals surface area contributed by atoms with Gasteiger partial charge in [0, 0.05) is 0 Å². The molecule has 0 saturated carbocycles. The minimum absolute atomic E-state index is 0.814. The van der Waals surface area contributed by atoms with Gasteiger partial charge in [-0.3, -0.25) is 0 Å². The van der Waals surface area contributed by atoms with E-state index in [2.05, 4.69) is 6.55 Å². The van der Waals surface area contributed by atoms with Crippen LogP contribution >= 0.6 is 0 Å². The van der Waals surface area contributed by atoms with Crippen LogP contribution in [-0.4, -0.2) is 28.8 Å². The van der Waals surface area contributed by atoms with Crippen LogP contribution in [0.2, 0.25) is 18.6 Å². The summed E-state index contributed by atoms with van der Waals surface area (Å²) in [5, 5.41) is 0. The van der Waals surface area contributed by atoms with Crippen molar-refractivity contribution in [2.75, 3.05) is 0 Å². The molecule has 1 aliphatic rings. The van der Waals surface area contributed by atoms with Gasteiger partial charge in [-0.25, -0.2) is 0 Å². The summed E-state index contributed by atoms with van der Waals surface area (Å²) in [6.07, 6.45) is 5.57. The van der Waals surface area contributed by atoms with E-state index in [0.29, 0.717) is 0 Å². The third kappa shape index (κ3) is 3.99. The van der Waals surface area contributed by atoms with Crippen molar-refractivity contribution in [3.05, 3.63) is 0 Å². The maximum absolute atomic E-state index is 6.01. The van der Waals surface area contributed by atoms with E-state index >= 15 is 0 Å². The molecule has 0 aliphatic carbocycles. The summed E-state index contributed by atoms with van der Waals surface area (Å²) in [5.41, 5.74) is 0. The van der Waals surface area contributed by atoms with Crippen molar-refractivity contribution in [1.29, 1.82) is 0 Å². The molecular weight excluding hydrogens is 200 g/mol. The molecule has 2 atom stereocenters. The zero-order valence-corrected chi connectivity index (χ0v) is 12.5. The Bertz CT molecular complexity index is 123. The molecule has 2 unspecified atom stereocenters. The Morgan fingerprint density at radius 1 is 1.17 bits per heavy atom. The Morgan fingerprint density at radius 2 is 1.83 bits per heavy atom. The predicted octanol–water partition coefficient (Wildman–Crippen LogP) is 0.448. The molecule has 0 spiro atoms. The van der Waals surface area contributed by atoms with E-state index in [1.54, 1.807) is 0 Å². The van der Waals surface area contributed by atoms with Crippen LogP contribution in [0.15, 0.2) is 0 Å². The van der Waals surface area contributed by atoms with Crippen LogP contribution in [0.4, 0.5) is 0 Å². The van der Waals surface area contributed by atoms with Gasteiger partial charge in [0.1, 0.15) is 10.5 Å². The van der Waals surface area contributed by atoms with Gasteiger partial charge in [-0.1, -0.05) is 25.7 Å². The van der Waals surface area contributed by atoms with Gasteiger partial charge in [-0.15, -0.1) is 0 Å². The first-order valence-electron chi connectivity index (χ1n) is 5.01. The van der Waals surface area contributed by atoms with Gasteiger partial charge in [-0.2, -0.15) is 0 Å². The second-order valence-corrected chi connectivity index (χ2v) is 10.2. The molecule has 5 heteroatoms. The van der Waals surface area contributed by atoms with Crippen LogP contribution < -0.4 is 0 Å². The van der Waals surface area contributed by atoms with E-state index < -0.39 is 18.3 Å². The topological polar surface area (TPSA) is 18.5 Å². The van der Waals surface area contributed by atoms with Crippen LogP contribution in [0.1, 0.15) is 25.7 Å². The molecule has 1 saturated heterocycles. The number of hydrogen-bond donors (Lipinski definition) is 0. The second-order valence-electron chi connectivity index (χ2n) is 3.60. The summed E-state index contributed by atoms with van der Waals surface area (Å²) in [4.78, 5) is 0. The van der Waals surface area contributed by atoms with E-state index in [-0.39, 0.29) is 0 Å². The molecule has 0 N–H and O–H groups in total. The van der Waals surface area contributed by atoms with Gasteiger partial charge in [0.05, 0.1) is 0 Å². The minimum Gasteiger partial charge on any atom is -0.447 e. The van der Waals surface area contributed by atoms with Gasteiger partial charge in [0.2, 0.25) is 0 Å².